The summed E-state index contributed by atoms with van der Waals surface area (Å²) >= 11 is 5.89. The molecule has 2 N–H and O–H groups in total. The number of nitrogens with zero attached hydrogens (tertiary/aromatic N) is 2. The van der Waals surface area contributed by atoms with Crippen LogP contribution >= 0.6 is 11.6 Å². The van der Waals surface area contributed by atoms with E-state index in [2.05, 4.69) is 10.5 Å². The first-order valence-electron chi connectivity index (χ1n) is 7.47. The zero-order valence-electron chi connectivity index (χ0n) is 13.8. The molecule has 27 heavy (non-hydrogen) atoms. The van der Waals surface area contributed by atoms with Crippen molar-refractivity contribution < 1.29 is 24.0 Å². The Balaban J connectivity index is 1.80. The van der Waals surface area contributed by atoms with E-state index in [9.17, 15) is 20.0 Å². The van der Waals surface area contributed by atoms with Crippen LogP contribution in [0.1, 0.15) is 16.1 Å². The van der Waals surface area contributed by atoms with Crippen molar-refractivity contribution in [1.29, 1.82) is 0 Å². The maximum atomic E-state index is 12.1. The number of amides is 1. The smallest absolute Gasteiger partial charge is 0.307 e. The van der Waals surface area contributed by atoms with Crippen LogP contribution in [0.15, 0.2) is 45.9 Å². The highest BCUT2D eigenvalue weighted by Gasteiger charge is 2.16. The number of carbonyl (C=O) groups excluding carboxylic acids is 1. The fourth-order valence-electron chi connectivity index (χ4n) is 2.32. The van der Waals surface area contributed by atoms with Gasteiger partial charge in [0.1, 0.15) is 5.58 Å². The van der Waals surface area contributed by atoms with Crippen LogP contribution in [0.5, 0.6) is 11.5 Å². The summed E-state index contributed by atoms with van der Waals surface area (Å²) in [6.07, 6.45) is 1.06. The average Bonchev–Trinajstić information content (AvgIpc) is 3.06. The highest BCUT2D eigenvalue weighted by atomic mass is 35.5. The summed E-state index contributed by atoms with van der Waals surface area (Å²) in [6, 6.07) is 8.58. The van der Waals surface area contributed by atoms with E-state index in [1.165, 1.54) is 13.2 Å². The van der Waals surface area contributed by atoms with E-state index < -0.39 is 10.8 Å². The van der Waals surface area contributed by atoms with Crippen LogP contribution in [-0.2, 0) is 0 Å². The van der Waals surface area contributed by atoms with Crippen LogP contribution in [0.4, 0.5) is 5.69 Å². The number of methoxy groups -OCH3 is 1. The second-order valence-corrected chi connectivity index (χ2v) is 5.77. The second kappa shape index (κ2) is 7.34. The molecule has 0 unspecified atom stereocenters. The molecule has 0 aliphatic heterocycles. The van der Waals surface area contributed by atoms with Gasteiger partial charge in [0.15, 0.2) is 17.3 Å². The lowest BCUT2D eigenvalue weighted by Crippen LogP contribution is -2.16. The number of nitro benzene ring substituents is 1. The summed E-state index contributed by atoms with van der Waals surface area (Å²) in [6.45, 7) is 0. The molecule has 0 radical (unpaired) electrons. The lowest BCUT2D eigenvalue weighted by atomic mass is 10.2. The Morgan fingerprint density at radius 2 is 2.15 bits per heavy atom. The van der Waals surface area contributed by atoms with Gasteiger partial charge in [0.2, 0.25) is 0 Å². The van der Waals surface area contributed by atoms with Gasteiger partial charge in [-0.2, -0.15) is 5.10 Å². The minimum Gasteiger partial charge on any atom is -0.504 e. The number of aromatic hydroxyl groups is 1. The third-order valence-electron chi connectivity index (χ3n) is 3.59. The number of nitrogens with one attached hydrogen (secondary N) is 1. The van der Waals surface area contributed by atoms with Crippen LogP contribution in [0, 0.1) is 10.1 Å². The molecular weight excluding hydrogens is 378 g/mol. The van der Waals surface area contributed by atoms with Crippen molar-refractivity contribution >= 4 is 40.4 Å². The van der Waals surface area contributed by atoms with Crippen molar-refractivity contribution in [2.24, 2.45) is 5.10 Å². The molecule has 0 aliphatic carbocycles. The second-order valence-electron chi connectivity index (χ2n) is 5.33. The molecule has 2 aromatic carbocycles. The van der Waals surface area contributed by atoms with Gasteiger partial charge in [-0.25, -0.2) is 5.43 Å². The van der Waals surface area contributed by atoms with Crippen molar-refractivity contribution in [3.8, 4) is 11.5 Å². The van der Waals surface area contributed by atoms with Crippen LogP contribution in [-0.4, -0.2) is 29.3 Å². The molecule has 0 aliphatic rings. The number of hydrogen-bond acceptors (Lipinski definition) is 7. The summed E-state index contributed by atoms with van der Waals surface area (Å²) < 4.78 is 10.3. The normalized spacial score (nSPS) is 11.0. The molecule has 3 aromatic rings. The molecular formula is C17H12ClN3O6. The molecule has 9 nitrogen and oxygen atoms in total. The van der Waals surface area contributed by atoms with E-state index in [0.29, 0.717) is 16.0 Å². The molecule has 0 saturated heterocycles. The van der Waals surface area contributed by atoms with Gasteiger partial charge in [-0.05, 0) is 24.3 Å². The minimum atomic E-state index is -0.643. The van der Waals surface area contributed by atoms with Crippen molar-refractivity contribution in [1.82, 2.24) is 5.43 Å². The first-order valence-corrected chi connectivity index (χ1v) is 7.84. The van der Waals surface area contributed by atoms with Gasteiger partial charge in [0.05, 0.1) is 24.3 Å². The summed E-state index contributed by atoms with van der Waals surface area (Å²) in [5.74, 6) is -1.08. The summed E-state index contributed by atoms with van der Waals surface area (Å²) in [5, 5.41) is 25.8. The van der Waals surface area contributed by atoms with Crippen molar-refractivity contribution in [3.05, 3.63) is 62.9 Å². The molecule has 1 amide bonds. The molecule has 0 bridgehead atoms. The molecule has 1 heterocycles. The van der Waals surface area contributed by atoms with Crippen molar-refractivity contribution in [3.63, 3.8) is 0 Å². The number of fused-ring (bicyclic) bond motifs is 1. The van der Waals surface area contributed by atoms with E-state index >= 15 is 0 Å². The number of hydrogen-bond donors (Lipinski definition) is 2. The Labute approximate surface area is 157 Å². The number of phenols is 1. The molecule has 0 spiro atoms. The lowest BCUT2D eigenvalue weighted by Gasteiger charge is -2.05. The Kier molecular flexibility index (Phi) is 4.95. The van der Waals surface area contributed by atoms with E-state index in [1.54, 1.807) is 18.2 Å². The van der Waals surface area contributed by atoms with Gasteiger partial charge in [-0.15, -0.1) is 0 Å². The van der Waals surface area contributed by atoms with Gasteiger partial charge in [-0.3, -0.25) is 14.9 Å². The van der Waals surface area contributed by atoms with Gasteiger partial charge in [-0.1, -0.05) is 11.6 Å². The maximum Gasteiger partial charge on any atom is 0.307 e. The van der Waals surface area contributed by atoms with Gasteiger partial charge >= 0.3 is 5.91 Å². The molecule has 3 rings (SSSR count). The van der Waals surface area contributed by atoms with E-state index in [4.69, 9.17) is 20.8 Å². The minimum absolute atomic E-state index is 0.00209. The predicted octanol–water partition coefficient (Wildman–Crippen LogP) is 3.47. The maximum absolute atomic E-state index is 12.1. The molecule has 1 aromatic heterocycles. The number of furan rings is 1. The zero-order valence-corrected chi connectivity index (χ0v) is 14.6. The first-order chi connectivity index (χ1) is 12.9. The Hall–Kier alpha value is -3.59. The van der Waals surface area contributed by atoms with Crippen LogP contribution in [0.3, 0.4) is 0 Å². The van der Waals surface area contributed by atoms with Crippen molar-refractivity contribution in [2.75, 3.05) is 7.11 Å². The number of benzene rings is 2. The number of non-ortho nitro benzene ring substituents is 1. The fourth-order valence-corrected chi connectivity index (χ4v) is 2.50. The Morgan fingerprint density at radius 3 is 2.85 bits per heavy atom. The van der Waals surface area contributed by atoms with Gasteiger partial charge in [0.25, 0.3) is 5.69 Å². The van der Waals surface area contributed by atoms with Crippen molar-refractivity contribution in [2.45, 2.75) is 0 Å². The molecule has 0 atom stereocenters. The summed E-state index contributed by atoms with van der Waals surface area (Å²) in [7, 11) is 1.26. The number of hydrazone groups is 1. The van der Waals surface area contributed by atoms with Gasteiger partial charge < -0.3 is 14.3 Å². The van der Waals surface area contributed by atoms with E-state index in [-0.39, 0.29) is 28.5 Å². The SMILES string of the molecule is COc1cc([N+](=O)[O-])cc(/C=N/NC(=O)c2cc3cc(Cl)ccc3o2)c1O. The number of nitro groups is 1. The Morgan fingerprint density at radius 1 is 1.37 bits per heavy atom. The predicted molar refractivity (Wildman–Crippen MR) is 97.6 cm³/mol. The summed E-state index contributed by atoms with van der Waals surface area (Å²) in [4.78, 5) is 22.4. The third kappa shape index (κ3) is 3.82. The van der Waals surface area contributed by atoms with Gasteiger partial charge in [0, 0.05) is 22.0 Å². The van der Waals surface area contributed by atoms with Crippen LogP contribution in [0.2, 0.25) is 5.02 Å². The quantitative estimate of drug-likeness (QED) is 0.390. The molecule has 10 heteroatoms. The first kappa shape index (κ1) is 18.2. The molecule has 0 saturated carbocycles. The lowest BCUT2D eigenvalue weighted by molar-refractivity contribution is -0.385. The standard InChI is InChI=1S/C17H12ClN3O6/c1-26-14-7-12(21(24)25)5-10(16(14)22)8-19-20-17(23)15-6-9-4-11(18)2-3-13(9)27-15/h2-8,22H,1H3,(H,20,23)/b19-8+. The fraction of sp³-hybridized carbons (Fsp3) is 0.0588. The average molecular weight is 390 g/mol. The van der Waals surface area contributed by atoms with E-state index in [0.717, 1.165) is 18.3 Å². The largest absolute Gasteiger partial charge is 0.504 e. The number of halogens is 1. The topological polar surface area (TPSA) is 127 Å². The number of ether oxygens (including phenoxy) is 1. The van der Waals surface area contributed by atoms with Crippen LogP contribution < -0.4 is 10.2 Å². The highest BCUT2D eigenvalue weighted by molar-refractivity contribution is 6.31. The van der Waals surface area contributed by atoms with Crippen LogP contribution in [0.25, 0.3) is 11.0 Å². The third-order valence-corrected chi connectivity index (χ3v) is 3.83. The zero-order chi connectivity index (χ0) is 19.6. The summed E-state index contributed by atoms with van der Waals surface area (Å²) in [5.41, 5.74) is 2.40. The number of rotatable bonds is 5. The monoisotopic (exact) mass is 389 g/mol. The van der Waals surface area contributed by atoms with E-state index in [1.807, 2.05) is 0 Å². The molecule has 0 fully saturated rings. The number of phenolic OH excluding ortho intramolecular Hbond substituents is 1. The molecule has 138 valence electrons. The Bertz CT molecular complexity index is 1080. The highest BCUT2D eigenvalue weighted by Crippen LogP contribution is 2.33. The number of carbonyl (C=O) groups is 1.